The van der Waals surface area contributed by atoms with Crippen molar-refractivity contribution in [2.24, 2.45) is 0 Å². The number of aromatic carboxylic acids is 1. The second-order valence-electron chi connectivity index (χ2n) is 6.17. The van der Waals surface area contributed by atoms with E-state index in [1.807, 2.05) is 6.92 Å². The maximum Gasteiger partial charge on any atom is 0.344 e. The Morgan fingerprint density at radius 2 is 2.14 bits per heavy atom. The highest BCUT2D eigenvalue weighted by Gasteiger charge is 2.23. The smallest absolute Gasteiger partial charge is 0.344 e. The second kappa shape index (κ2) is 11.1. The molecule has 4 N–H and O–H groups in total. The Bertz CT molecular complexity index is 864. The summed E-state index contributed by atoms with van der Waals surface area (Å²) in [5, 5.41) is 17.8. The van der Waals surface area contributed by atoms with Crippen LogP contribution in [0.25, 0.3) is 0 Å². The molecule has 1 aromatic heterocycles. The Hall–Kier alpha value is -2.24. The number of rotatable bonds is 10. The minimum atomic E-state index is -1.31. The number of nitrogens with zero attached hydrogens (tertiary/aromatic N) is 1. The van der Waals surface area contributed by atoms with Crippen LogP contribution >= 0.6 is 27.5 Å². The maximum atomic E-state index is 13.9. The van der Waals surface area contributed by atoms with E-state index in [4.69, 9.17) is 4.74 Å². The molecule has 0 aliphatic rings. The van der Waals surface area contributed by atoms with Gasteiger partial charge in [0.15, 0.2) is 5.56 Å². The van der Waals surface area contributed by atoms with Crippen LogP contribution < -0.4 is 20.7 Å². The molecule has 0 aliphatic carbocycles. The fourth-order valence-electron chi connectivity index (χ4n) is 2.22. The summed E-state index contributed by atoms with van der Waals surface area (Å²) < 4.78 is 23.8. The molecule has 11 heteroatoms. The van der Waals surface area contributed by atoms with E-state index in [1.165, 1.54) is 12.1 Å². The van der Waals surface area contributed by atoms with E-state index in [0.717, 1.165) is 18.0 Å². The third-order valence-electron chi connectivity index (χ3n) is 4.00. The quantitative estimate of drug-likeness (QED) is 0.378. The summed E-state index contributed by atoms with van der Waals surface area (Å²) in [5.41, 5.74) is -0.0287. The molecule has 2 rings (SSSR count). The minimum Gasteiger partial charge on any atom is -0.477 e. The molecule has 1 unspecified atom stereocenters. The number of amides is 2. The van der Waals surface area contributed by atoms with Crippen LogP contribution in [-0.2, 0) is 6.61 Å². The number of aromatic nitrogens is 1. The van der Waals surface area contributed by atoms with Crippen LogP contribution in [0, 0.1) is 5.82 Å². The summed E-state index contributed by atoms with van der Waals surface area (Å²) in [4.78, 5) is 23.6. The third kappa shape index (κ3) is 6.94. The van der Waals surface area contributed by atoms with Gasteiger partial charge in [-0.1, -0.05) is 28.9 Å². The van der Waals surface area contributed by atoms with Gasteiger partial charge in [-0.3, -0.25) is 5.32 Å². The van der Waals surface area contributed by atoms with Gasteiger partial charge in [0, 0.05) is 29.2 Å². The number of ether oxygens (including phenoxy) is 1. The lowest BCUT2D eigenvalue weighted by molar-refractivity contribution is 0.0693. The molecule has 2 aromatic rings. The van der Waals surface area contributed by atoms with Crippen LogP contribution in [0.4, 0.5) is 14.2 Å². The second-order valence-corrected chi connectivity index (χ2v) is 7.85. The molecule has 1 atom stereocenters. The summed E-state index contributed by atoms with van der Waals surface area (Å²) in [6, 6.07) is 4.24. The first-order valence-electron chi connectivity index (χ1n) is 8.89. The number of urea groups is 1. The van der Waals surface area contributed by atoms with Gasteiger partial charge >= 0.3 is 12.0 Å². The van der Waals surface area contributed by atoms with Crippen LogP contribution in [-0.4, -0.2) is 40.6 Å². The van der Waals surface area contributed by atoms with Gasteiger partial charge in [0.2, 0.25) is 5.88 Å². The molecule has 1 heterocycles. The fraction of sp³-hybridized carbons (Fsp3) is 0.389. The topological polar surface area (TPSA) is 113 Å². The zero-order valence-electron chi connectivity index (χ0n) is 15.9. The van der Waals surface area contributed by atoms with Crippen molar-refractivity contribution in [1.29, 1.82) is 0 Å². The Morgan fingerprint density at radius 3 is 2.79 bits per heavy atom. The first-order chi connectivity index (χ1) is 13.8. The number of carbonyl (C=O) groups is 2. The van der Waals surface area contributed by atoms with Gasteiger partial charge in [-0.2, -0.15) is 4.37 Å². The number of hydrogen-bond acceptors (Lipinski definition) is 6. The number of nitrogens with one attached hydrogen (secondary N) is 3. The molecule has 0 fully saturated rings. The molecule has 0 spiro atoms. The number of benzene rings is 1. The molecule has 1 aromatic carbocycles. The number of halogens is 2. The first kappa shape index (κ1) is 23.0. The highest BCUT2D eigenvalue weighted by Crippen LogP contribution is 2.31. The van der Waals surface area contributed by atoms with Crippen LogP contribution in [0.2, 0.25) is 0 Å². The van der Waals surface area contributed by atoms with Gasteiger partial charge in [0.25, 0.3) is 0 Å². The normalized spacial score (nSPS) is 11.7. The van der Waals surface area contributed by atoms with Crippen LogP contribution in [0.5, 0.6) is 5.88 Å². The molecular weight excluding hydrogens is 467 g/mol. The van der Waals surface area contributed by atoms with E-state index >= 15 is 0 Å². The predicted octanol–water partition coefficient (Wildman–Crippen LogP) is 3.83. The zero-order valence-corrected chi connectivity index (χ0v) is 18.3. The standard InChI is InChI=1S/C18H22BrFN4O4S/c1-3-10(2)21-6-7-22-18(27)23-16-14(17(25)26)15(24-29-16)28-9-11-4-5-12(19)8-13(11)20/h4-5,8,10,21H,3,6-7,9H2,1-2H3,(H,25,26)(H2,22,23,27). The molecule has 8 nitrogen and oxygen atoms in total. The van der Waals surface area contributed by atoms with Crippen molar-refractivity contribution < 1.29 is 23.8 Å². The van der Waals surface area contributed by atoms with Gasteiger partial charge < -0.3 is 20.5 Å². The lowest BCUT2D eigenvalue weighted by atomic mass is 10.2. The average Bonchev–Trinajstić information content (AvgIpc) is 3.06. The molecule has 0 saturated carbocycles. The van der Waals surface area contributed by atoms with Crippen LogP contribution in [0.15, 0.2) is 22.7 Å². The van der Waals surface area contributed by atoms with E-state index in [2.05, 4.69) is 43.2 Å². The van der Waals surface area contributed by atoms with Crippen molar-refractivity contribution >= 4 is 44.5 Å². The Kier molecular flexibility index (Phi) is 8.80. The maximum absolute atomic E-state index is 13.9. The van der Waals surface area contributed by atoms with E-state index in [-0.39, 0.29) is 28.6 Å². The van der Waals surface area contributed by atoms with Crippen LogP contribution in [0.3, 0.4) is 0 Å². The number of hydrogen-bond donors (Lipinski definition) is 4. The first-order valence-corrected chi connectivity index (χ1v) is 10.5. The monoisotopic (exact) mass is 488 g/mol. The van der Waals surface area contributed by atoms with Crippen LogP contribution in [0.1, 0.15) is 36.2 Å². The summed E-state index contributed by atoms with van der Waals surface area (Å²) in [5.74, 6) is -1.98. The van der Waals surface area contributed by atoms with Crippen molar-refractivity contribution in [3.05, 3.63) is 39.6 Å². The number of carbonyl (C=O) groups excluding carboxylic acids is 1. The molecule has 0 saturated heterocycles. The highest BCUT2D eigenvalue weighted by atomic mass is 79.9. The number of carboxylic acid groups (broad SMARTS) is 1. The van der Waals surface area contributed by atoms with E-state index in [9.17, 15) is 19.1 Å². The van der Waals surface area contributed by atoms with Gasteiger partial charge in [-0.15, -0.1) is 0 Å². The van der Waals surface area contributed by atoms with Crippen molar-refractivity contribution in [1.82, 2.24) is 15.0 Å². The lowest BCUT2D eigenvalue weighted by Crippen LogP contribution is -2.37. The number of carboxylic acids is 1. The van der Waals surface area contributed by atoms with Gasteiger partial charge in [0.1, 0.15) is 17.4 Å². The van der Waals surface area contributed by atoms with E-state index in [0.29, 0.717) is 23.6 Å². The summed E-state index contributed by atoms with van der Waals surface area (Å²) >= 11 is 3.94. The molecular formula is C18H22BrFN4O4S. The van der Waals surface area contributed by atoms with Gasteiger partial charge in [0.05, 0.1) is 0 Å². The molecule has 29 heavy (non-hydrogen) atoms. The largest absolute Gasteiger partial charge is 0.477 e. The SMILES string of the molecule is CCC(C)NCCNC(=O)Nc1snc(OCc2ccc(Br)cc2F)c1C(=O)O. The van der Waals surface area contributed by atoms with E-state index < -0.39 is 17.8 Å². The fourth-order valence-corrected chi connectivity index (χ4v) is 3.27. The summed E-state index contributed by atoms with van der Waals surface area (Å²) in [6.07, 6.45) is 0.974. The Balaban J connectivity index is 1.97. The molecule has 0 bridgehead atoms. The lowest BCUT2D eigenvalue weighted by Gasteiger charge is -2.12. The Labute approximate surface area is 180 Å². The zero-order chi connectivity index (χ0) is 21.4. The van der Waals surface area contributed by atoms with Crippen molar-refractivity contribution in [3.8, 4) is 5.88 Å². The molecule has 0 radical (unpaired) electrons. The van der Waals surface area contributed by atoms with E-state index in [1.54, 1.807) is 6.07 Å². The summed E-state index contributed by atoms with van der Waals surface area (Å²) in [7, 11) is 0. The molecule has 0 aliphatic heterocycles. The van der Waals surface area contributed by atoms with Crippen molar-refractivity contribution in [2.75, 3.05) is 18.4 Å². The third-order valence-corrected chi connectivity index (χ3v) is 5.24. The van der Waals surface area contributed by atoms with Gasteiger partial charge in [-0.25, -0.2) is 14.0 Å². The van der Waals surface area contributed by atoms with Crippen molar-refractivity contribution in [2.45, 2.75) is 32.9 Å². The average molecular weight is 489 g/mol. The minimum absolute atomic E-state index is 0.0381. The Morgan fingerprint density at radius 1 is 1.38 bits per heavy atom. The highest BCUT2D eigenvalue weighted by molar-refractivity contribution is 9.10. The molecule has 2 amide bonds. The summed E-state index contributed by atoms with van der Waals surface area (Å²) in [6.45, 7) is 4.86. The predicted molar refractivity (Wildman–Crippen MR) is 112 cm³/mol. The molecule has 158 valence electrons. The number of anilines is 1. The van der Waals surface area contributed by atoms with Gasteiger partial charge in [-0.05, 0) is 37.0 Å². The van der Waals surface area contributed by atoms with Crippen molar-refractivity contribution in [3.63, 3.8) is 0 Å².